The number of pyridine rings is 1. The van der Waals surface area contributed by atoms with E-state index < -0.39 is 0 Å². The zero-order valence-electron chi connectivity index (χ0n) is 10.9. The Morgan fingerprint density at radius 1 is 1.11 bits per heavy atom. The third-order valence-electron chi connectivity index (χ3n) is 3.61. The van der Waals surface area contributed by atoms with Crippen LogP contribution >= 0.6 is 11.6 Å². The molecule has 1 saturated carbocycles. The molecule has 3 rings (SSSR count). The lowest BCUT2D eigenvalue weighted by molar-refractivity contribution is 0.695. The van der Waals surface area contributed by atoms with Gasteiger partial charge < -0.3 is 0 Å². The number of aromatic nitrogens is 3. The van der Waals surface area contributed by atoms with Crippen molar-refractivity contribution in [2.75, 3.05) is 0 Å². The Kier molecular flexibility index (Phi) is 3.47. The molecule has 0 N–H and O–H groups in total. The predicted molar refractivity (Wildman–Crippen MR) is 76.2 cm³/mol. The largest absolute Gasteiger partial charge is 0.250 e. The number of hydrogen-bond donors (Lipinski definition) is 0. The molecule has 4 heteroatoms. The molecule has 1 aliphatic rings. The molecule has 0 aliphatic heterocycles. The van der Waals surface area contributed by atoms with Crippen molar-refractivity contribution in [3.8, 4) is 11.5 Å². The fourth-order valence-electron chi connectivity index (χ4n) is 2.65. The fourth-order valence-corrected chi connectivity index (χ4v) is 2.84. The lowest BCUT2D eigenvalue weighted by Crippen LogP contribution is -2.01. The normalized spacial score (nSPS) is 15.9. The van der Waals surface area contributed by atoms with Gasteiger partial charge in [0.2, 0.25) is 0 Å². The molecule has 0 unspecified atom stereocenters. The summed E-state index contributed by atoms with van der Waals surface area (Å²) in [5.74, 6) is 1.17. The van der Waals surface area contributed by atoms with Gasteiger partial charge in [-0.2, -0.15) is 0 Å². The van der Waals surface area contributed by atoms with Crippen molar-refractivity contribution in [3.63, 3.8) is 0 Å². The highest BCUT2D eigenvalue weighted by Crippen LogP contribution is 2.34. The molecule has 3 nitrogen and oxygen atoms in total. The van der Waals surface area contributed by atoms with Crippen LogP contribution in [0, 0.1) is 6.92 Å². The molecule has 1 aliphatic carbocycles. The molecule has 0 bridgehead atoms. The number of rotatable bonds is 2. The van der Waals surface area contributed by atoms with Crippen LogP contribution < -0.4 is 0 Å². The third-order valence-corrected chi connectivity index (χ3v) is 3.80. The number of aryl methyl sites for hydroxylation is 1. The van der Waals surface area contributed by atoms with E-state index in [1.165, 1.54) is 25.7 Å². The van der Waals surface area contributed by atoms with Gasteiger partial charge in [-0.25, -0.2) is 15.0 Å². The van der Waals surface area contributed by atoms with Gasteiger partial charge in [0.05, 0.1) is 0 Å². The monoisotopic (exact) mass is 273 g/mol. The second-order valence-electron chi connectivity index (χ2n) is 5.08. The Hall–Kier alpha value is -1.48. The molecule has 1 fully saturated rings. The first-order valence-electron chi connectivity index (χ1n) is 6.71. The first kappa shape index (κ1) is 12.5. The molecule has 0 radical (unpaired) electrons. The van der Waals surface area contributed by atoms with Gasteiger partial charge in [0.15, 0.2) is 5.82 Å². The van der Waals surface area contributed by atoms with Crippen molar-refractivity contribution in [2.24, 2.45) is 0 Å². The molecule has 2 aromatic heterocycles. The maximum absolute atomic E-state index is 6.14. The zero-order chi connectivity index (χ0) is 13.2. The van der Waals surface area contributed by atoms with Gasteiger partial charge in [-0.15, -0.1) is 0 Å². The Morgan fingerprint density at radius 3 is 2.63 bits per heavy atom. The topological polar surface area (TPSA) is 38.7 Å². The fraction of sp³-hybridized carbons (Fsp3) is 0.400. The SMILES string of the molecule is Cc1cccc(-c2nc(Cl)cc(C3CCCC3)n2)n1. The lowest BCUT2D eigenvalue weighted by Gasteiger charge is -2.10. The molecular weight excluding hydrogens is 258 g/mol. The summed E-state index contributed by atoms with van der Waals surface area (Å²) in [7, 11) is 0. The summed E-state index contributed by atoms with van der Waals surface area (Å²) in [6.45, 7) is 1.96. The summed E-state index contributed by atoms with van der Waals surface area (Å²) in [4.78, 5) is 13.4. The van der Waals surface area contributed by atoms with Crippen LogP contribution in [0.15, 0.2) is 24.3 Å². The van der Waals surface area contributed by atoms with Gasteiger partial charge in [-0.1, -0.05) is 30.5 Å². The minimum Gasteiger partial charge on any atom is -0.250 e. The molecular formula is C15H16ClN3. The lowest BCUT2D eigenvalue weighted by atomic mass is 10.0. The van der Waals surface area contributed by atoms with Crippen molar-refractivity contribution in [2.45, 2.75) is 38.5 Å². The number of halogens is 1. The van der Waals surface area contributed by atoms with E-state index in [9.17, 15) is 0 Å². The smallest absolute Gasteiger partial charge is 0.179 e. The van der Waals surface area contributed by atoms with Crippen LogP contribution in [0.25, 0.3) is 11.5 Å². The first-order chi connectivity index (χ1) is 9.22. The van der Waals surface area contributed by atoms with Crippen LogP contribution in [0.5, 0.6) is 0 Å². The van der Waals surface area contributed by atoms with Crippen molar-refractivity contribution in [3.05, 3.63) is 40.8 Å². The summed E-state index contributed by atoms with van der Waals surface area (Å²) in [6.07, 6.45) is 4.97. The van der Waals surface area contributed by atoms with Crippen molar-refractivity contribution in [1.82, 2.24) is 15.0 Å². The minimum absolute atomic E-state index is 0.509. The third kappa shape index (κ3) is 2.76. The van der Waals surface area contributed by atoms with Crippen LogP contribution in [0.4, 0.5) is 0 Å². The zero-order valence-corrected chi connectivity index (χ0v) is 11.7. The molecule has 98 valence electrons. The van der Waals surface area contributed by atoms with Crippen LogP contribution in [0.2, 0.25) is 5.15 Å². The molecule has 2 heterocycles. The average molecular weight is 274 g/mol. The van der Waals surface area contributed by atoms with Gasteiger partial charge in [-0.3, -0.25) is 0 Å². The van der Waals surface area contributed by atoms with Crippen molar-refractivity contribution < 1.29 is 0 Å². The number of hydrogen-bond acceptors (Lipinski definition) is 3. The molecule has 0 spiro atoms. The van der Waals surface area contributed by atoms with Crippen LogP contribution in [-0.4, -0.2) is 15.0 Å². The molecule has 0 atom stereocenters. The molecule has 19 heavy (non-hydrogen) atoms. The summed E-state index contributed by atoms with van der Waals surface area (Å²) in [5, 5.41) is 0.509. The van der Waals surface area contributed by atoms with Gasteiger partial charge >= 0.3 is 0 Å². The predicted octanol–water partition coefficient (Wildman–Crippen LogP) is 4.16. The van der Waals surface area contributed by atoms with E-state index in [1.54, 1.807) is 0 Å². The van der Waals surface area contributed by atoms with Gasteiger partial charge in [0.1, 0.15) is 10.8 Å². The molecule has 0 saturated heterocycles. The highest BCUT2D eigenvalue weighted by Gasteiger charge is 2.20. The summed E-state index contributed by atoms with van der Waals surface area (Å²) in [5.41, 5.74) is 2.82. The maximum atomic E-state index is 6.14. The van der Waals surface area contributed by atoms with Gasteiger partial charge in [-0.05, 0) is 38.0 Å². The first-order valence-corrected chi connectivity index (χ1v) is 7.09. The van der Waals surface area contributed by atoms with Crippen molar-refractivity contribution in [1.29, 1.82) is 0 Å². The van der Waals surface area contributed by atoms with Crippen molar-refractivity contribution >= 4 is 11.6 Å². The Bertz CT molecular complexity index is 592. The second-order valence-corrected chi connectivity index (χ2v) is 5.47. The van der Waals surface area contributed by atoms with E-state index in [0.717, 1.165) is 17.1 Å². The van der Waals surface area contributed by atoms with E-state index in [1.807, 2.05) is 31.2 Å². The summed E-state index contributed by atoms with van der Waals surface area (Å²) in [6, 6.07) is 7.76. The van der Waals surface area contributed by atoms with E-state index >= 15 is 0 Å². The molecule has 0 amide bonds. The quantitative estimate of drug-likeness (QED) is 0.771. The van der Waals surface area contributed by atoms with E-state index in [-0.39, 0.29) is 0 Å². The second kappa shape index (κ2) is 5.25. The van der Waals surface area contributed by atoms with E-state index in [2.05, 4.69) is 15.0 Å². The Balaban J connectivity index is 2.01. The van der Waals surface area contributed by atoms with Crippen LogP contribution in [-0.2, 0) is 0 Å². The molecule has 2 aromatic rings. The highest BCUT2D eigenvalue weighted by atomic mass is 35.5. The maximum Gasteiger partial charge on any atom is 0.179 e. The molecule has 0 aromatic carbocycles. The Morgan fingerprint density at radius 2 is 1.89 bits per heavy atom. The average Bonchev–Trinajstić information content (AvgIpc) is 2.92. The summed E-state index contributed by atoms with van der Waals surface area (Å²) >= 11 is 6.14. The van der Waals surface area contributed by atoms with Crippen LogP contribution in [0.3, 0.4) is 0 Å². The summed E-state index contributed by atoms with van der Waals surface area (Å²) < 4.78 is 0. The van der Waals surface area contributed by atoms with E-state index in [4.69, 9.17) is 11.6 Å². The number of nitrogens with zero attached hydrogens (tertiary/aromatic N) is 3. The van der Waals surface area contributed by atoms with Gasteiger partial charge in [0.25, 0.3) is 0 Å². The highest BCUT2D eigenvalue weighted by molar-refractivity contribution is 6.29. The standard InChI is InChI=1S/C15H16ClN3/c1-10-5-4-8-12(17-10)15-18-13(9-14(16)19-15)11-6-2-3-7-11/h4-5,8-9,11H,2-3,6-7H2,1H3. The van der Waals surface area contributed by atoms with Gasteiger partial charge in [0, 0.05) is 17.3 Å². The Labute approximate surface area is 118 Å². The van der Waals surface area contributed by atoms with E-state index in [0.29, 0.717) is 16.9 Å². The minimum atomic E-state index is 0.509. The van der Waals surface area contributed by atoms with Crippen LogP contribution in [0.1, 0.15) is 43.0 Å².